The Balaban J connectivity index is 1.07. The van der Waals surface area contributed by atoms with Gasteiger partial charge in [-0.25, -0.2) is 9.37 Å². The number of hydrogen-bond donors (Lipinski definition) is 1. The van der Waals surface area contributed by atoms with Crippen LogP contribution >= 0.6 is 0 Å². The van der Waals surface area contributed by atoms with Gasteiger partial charge in [0.15, 0.2) is 11.6 Å². The molecule has 34 heavy (non-hydrogen) atoms. The second kappa shape index (κ2) is 9.99. The van der Waals surface area contributed by atoms with Crippen molar-refractivity contribution in [3.63, 3.8) is 0 Å². The van der Waals surface area contributed by atoms with E-state index in [0.717, 1.165) is 30.6 Å². The van der Waals surface area contributed by atoms with Crippen LogP contribution in [0.2, 0.25) is 0 Å². The zero-order chi connectivity index (χ0) is 23.3. The molecule has 2 unspecified atom stereocenters. The van der Waals surface area contributed by atoms with Gasteiger partial charge in [-0.2, -0.15) is 4.98 Å². The number of carbonyl (C=O) groups excluding carboxylic acids is 1. The van der Waals surface area contributed by atoms with E-state index < -0.39 is 5.82 Å². The molecule has 3 aromatic rings. The Bertz CT molecular complexity index is 1150. The number of carbonyl (C=O) groups is 1. The van der Waals surface area contributed by atoms with Crippen LogP contribution in [0, 0.1) is 23.6 Å². The smallest absolute Gasteiger partial charge is 0.318 e. The average molecular weight is 460 g/mol. The predicted octanol–water partition coefficient (Wildman–Crippen LogP) is 3.49. The van der Waals surface area contributed by atoms with Crippen LogP contribution in [0.25, 0.3) is 6.08 Å². The first-order valence-corrected chi connectivity index (χ1v) is 11.5. The van der Waals surface area contributed by atoms with Crippen molar-refractivity contribution in [2.45, 2.75) is 13.0 Å². The summed E-state index contributed by atoms with van der Waals surface area (Å²) in [5.41, 5.74) is 1.89. The highest BCUT2D eigenvalue weighted by Crippen LogP contribution is 2.54. The number of halogens is 1. The van der Waals surface area contributed by atoms with Crippen molar-refractivity contribution in [3.05, 3.63) is 84.1 Å². The molecule has 1 N–H and O–H groups in total. The van der Waals surface area contributed by atoms with Gasteiger partial charge >= 0.3 is 6.01 Å². The number of rotatable bonds is 9. The number of benzene rings is 1. The molecule has 1 aliphatic heterocycles. The molecule has 2 aliphatic rings. The van der Waals surface area contributed by atoms with E-state index in [1.54, 1.807) is 18.5 Å². The zero-order valence-corrected chi connectivity index (χ0v) is 18.7. The molecule has 1 aromatic carbocycles. The molecule has 7 nitrogen and oxygen atoms in total. The molecule has 1 aliphatic carbocycles. The summed E-state index contributed by atoms with van der Waals surface area (Å²) >= 11 is 0. The van der Waals surface area contributed by atoms with Crippen molar-refractivity contribution in [3.8, 4) is 6.01 Å². The van der Waals surface area contributed by atoms with E-state index >= 15 is 0 Å². The second-order valence-electron chi connectivity index (χ2n) is 8.69. The number of aromatic nitrogens is 3. The molecule has 8 heteroatoms. The van der Waals surface area contributed by atoms with Crippen LogP contribution in [-0.4, -0.2) is 40.5 Å². The van der Waals surface area contributed by atoms with E-state index in [9.17, 15) is 9.18 Å². The van der Waals surface area contributed by atoms with Crippen molar-refractivity contribution in [2.75, 3.05) is 24.5 Å². The van der Waals surface area contributed by atoms with Gasteiger partial charge in [0.25, 0.3) is 0 Å². The maximum absolute atomic E-state index is 14.4. The summed E-state index contributed by atoms with van der Waals surface area (Å²) in [7, 11) is 0. The van der Waals surface area contributed by atoms with E-state index in [0.29, 0.717) is 36.7 Å². The van der Waals surface area contributed by atoms with Gasteiger partial charge in [0.2, 0.25) is 5.91 Å². The molecule has 1 saturated carbocycles. The number of hydrogen-bond acceptors (Lipinski definition) is 6. The first-order chi connectivity index (χ1) is 16.7. The monoisotopic (exact) mass is 459 g/mol. The molecule has 2 atom stereocenters. The van der Waals surface area contributed by atoms with Crippen molar-refractivity contribution in [1.29, 1.82) is 0 Å². The summed E-state index contributed by atoms with van der Waals surface area (Å²) in [6, 6.07) is 13.6. The summed E-state index contributed by atoms with van der Waals surface area (Å²) in [6.07, 6.45) is 8.79. The van der Waals surface area contributed by atoms with Gasteiger partial charge in [0.05, 0.1) is 6.20 Å². The first-order valence-electron chi connectivity index (χ1n) is 11.5. The van der Waals surface area contributed by atoms with Crippen molar-refractivity contribution < 1.29 is 13.9 Å². The Labute approximate surface area is 197 Å². The van der Waals surface area contributed by atoms with Crippen LogP contribution in [0.1, 0.15) is 17.5 Å². The van der Waals surface area contributed by atoms with Gasteiger partial charge in [0.1, 0.15) is 6.61 Å². The molecule has 2 aromatic heterocycles. The van der Waals surface area contributed by atoms with E-state index in [1.807, 2.05) is 47.4 Å². The fourth-order valence-electron chi connectivity index (χ4n) is 4.67. The fourth-order valence-corrected chi connectivity index (χ4v) is 4.67. The molecule has 2 fully saturated rings. The van der Waals surface area contributed by atoms with Gasteiger partial charge in [0, 0.05) is 38.1 Å². The second-order valence-corrected chi connectivity index (χ2v) is 8.69. The highest BCUT2D eigenvalue weighted by Gasteiger charge is 2.55. The Morgan fingerprint density at radius 2 is 1.97 bits per heavy atom. The fraction of sp³-hybridized carbons (Fsp3) is 0.308. The molecular weight excluding hydrogens is 433 g/mol. The number of nitrogens with zero attached hydrogens (tertiary/aromatic N) is 4. The van der Waals surface area contributed by atoms with Crippen molar-refractivity contribution in [1.82, 2.24) is 20.3 Å². The minimum absolute atomic E-state index is 0.109. The lowest BCUT2D eigenvalue weighted by atomic mass is 10.2. The predicted molar refractivity (Wildman–Crippen MR) is 126 cm³/mol. The van der Waals surface area contributed by atoms with Crippen molar-refractivity contribution in [2.24, 2.45) is 17.8 Å². The van der Waals surface area contributed by atoms with Crippen LogP contribution in [0.5, 0.6) is 6.01 Å². The number of pyridine rings is 1. The van der Waals surface area contributed by atoms with Crippen LogP contribution in [0.15, 0.2) is 67.1 Å². The highest BCUT2D eigenvalue weighted by atomic mass is 19.1. The van der Waals surface area contributed by atoms with Gasteiger partial charge in [-0.3, -0.25) is 9.78 Å². The van der Waals surface area contributed by atoms with E-state index in [1.165, 1.54) is 12.3 Å². The maximum Gasteiger partial charge on any atom is 0.318 e. The molecule has 1 saturated heterocycles. The lowest BCUT2D eigenvalue weighted by Crippen LogP contribution is -2.28. The number of nitrogens with one attached hydrogen (secondary N) is 1. The quantitative estimate of drug-likeness (QED) is 0.494. The Morgan fingerprint density at radius 3 is 2.74 bits per heavy atom. The number of anilines is 1. The number of fused-ring (bicyclic) bond motifs is 1. The average Bonchev–Trinajstić information content (AvgIpc) is 3.31. The third-order valence-corrected chi connectivity index (χ3v) is 6.47. The molecule has 1 amide bonds. The Kier molecular flexibility index (Phi) is 6.46. The van der Waals surface area contributed by atoms with E-state index in [-0.39, 0.29) is 11.9 Å². The maximum atomic E-state index is 14.4. The molecule has 5 rings (SSSR count). The minimum Gasteiger partial charge on any atom is -0.459 e. The lowest BCUT2D eigenvalue weighted by Gasteiger charge is -2.21. The summed E-state index contributed by atoms with van der Waals surface area (Å²) in [5.74, 6) is 1.33. The number of amides is 1. The Morgan fingerprint density at radius 1 is 1.15 bits per heavy atom. The highest BCUT2D eigenvalue weighted by molar-refractivity contribution is 5.91. The molecule has 0 radical (unpaired) electrons. The standard InChI is InChI=1S/C26H26FN5O2/c27-23-14-30-26(34-17-19-5-2-1-3-6-19)31-25(23)32-15-21-20(22(21)16-32)10-12-29-24(33)9-8-18-7-4-11-28-13-18/h1-9,11,13-14,20-22H,10,12,15-17H2,(H,29,33)/b9-8+. The first kappa shape index (κ1) is 22.0. The molecular formula is C26H26FN5O2. The third-order valence-electron chi connectivity index (χ3n) is 6.47. The minimum atomic E-state index is -0.433. The van der Waals surface area contributed by atoms with Crippen LogP contribution in [0.3, 0.4) is 0 Å². The van der Waals surface area contributed by atoms with Gasteiger partial charge in [-0.15, -0.1) is 0 Å². The SMILES string of the molecule is O=C(/C=C/c1cccnc1)NCCC1C2CN(c3nc(OCc4ccccc4)ncc3F)CC12. The molecule has 3 heterocycles. The van der Waals surface area contributed by atoms with Crippen LogP contribution < -0.4 is 15.0 Å². The van der Waals surface area contributed by atoms with Crippen LogP contribution in [0.4, 0.5) is 10.2 Å². The third kappa shape index (κ3) is 5.22. The van der Waals surface area contributed by atoms with Gasteiger partial charge in [-0.05, 0) is 47.4 Å². The van der Waals surface area contributed by atoms with E-state index in [2.05, 4.69) is 20.3 Å². The summed E-state index contributed by atoms with van der Waals surface area (Å²) in [4.78, 5) is 26.3. The topological polar surface area (TPSA) is 80.2 Å². The van der Waals surface area contributed by atoms with E-state index in [4.69, 9.17) is 4.74 Å². The zero-order valence-electron chi connectivity index (χ0n) is 18.7. The lowest BCUT2D eigenvalue weighted by molar-refractivity contribution is -0.116. The summed E-state index contributed by atoms with van der Waals surface area (Å²) in [5, 5.41) is 2.94. The number of ether oxygens (including phenoxy) is 1. The molecule has 0 bridgehead atoms. The van der Waals surface area contributed by atoms with Gasteiger partial charge in [-0.1, -0.05) is 36.4 Å². The largest absolute Gasteiger partial charge is 0.459 e. The Hall–Kier alpha value is -3.81. The summed E-state index contributed by atoms with van der Waals surface area (Å²) < 4.78 is 20.1. The summed E-state index contributed by atoms with van der Waals surface area (Å²) in [6.45, 7) is 2.49. The molecule has 174 valence electrons. The van der Waals surface area contributed by atoms with Crippen molar-refractivity contribution >= 4 is 17.8 Å². The molecule has 0 spiro atoms. The van der Waals surface area contributed by atoms with Crippen LogP contribution in [-0.2, 0) is 11.4 Å². The normalized spacial score (nSPS) is 20.9. The van der Waals surface area contributed by atoms with Gasteiger partial charge < -0.3 is 15.0 Å². The number of piperidine rings is 1.